The lowest BCUT2D eigenvalue weighted by Gasteiger charge is -2.17. The number of carbonyl (C=O) groups is 1. The number of benzene rings is 1. The van der Waals surface area contributed by atoms with Crippen LogP contribution >= 0.6 is 0 Å². The molecule has 0 amide bonds. The van der Waals surface area contributed by atoms with Gasteiger partial charge in [-0.15, -0.1) is 0 Å². The lowest BCUT2D eigenvalue weighted by atomic mass is 10.2. The van der Waals surface area contributed by atoms with Gasteiger partial charge in [0.25, 0.3) is 0 Å². The minimum absolute atomic E-state index is 0.164. The van der Waals surface area contributed by atoms with Crippen molar-refractivity contribution in [3.05, 3.63) is 29.8 Å². The van der Waals surface area contributed by atoms with Crippen LogP contribution in [0.5, 0.6) is 0 Å². The van der Waals surface area contributed by atoms with Crippen LogP contribution < -0.4 is 4.72 Å². The van der Waals surface area contributed by atoms with Gasteiger partial charge >= 0.3 is 16.3 Å². The maximum atomic E-state index is 11.8. The van der Waals surface area contributed by atoms with Gasteiger partial charge in [0.05, 0.1) is 11.3 Å². The Morgan fingerprint density at radius 2 is 1.81 bits per heavy atom. The maximum absolute atomic E-state index is 11.8. The van der Waals surface area contributed by atoms with Crippen molar-refractivity contribution in [2.75, 3.05) is 31.0 Å². The van der Waals surface area contributed by atoms with Crippen molar-refractivity contribution < 1.29 is 22.5 Å². The van der Waals surface area contributed by atoms with Crippen LogP contribution in [-0.4, -0.2) is 50.1 Å². The molecule has 0 aliphatic carbocycles. The predicted molar refractivity (Wildman–Crippen MR) is 79.7 cm³/mol. The molecule has 0 aliphatic heterocycles. The van der Waals surface area contributed by atoms with Gasteiger partial charge in [-0.25, -0.2) is 4.79 Å². The second kappa shape index (κ2) is 7.96. The normalized spacial score (nSPS) is 11.4. The van der Waals surface area contributed by atoms with Crippen LogP contribution in [0.1, 0.15) is 24.2 Å². The second-order valence-electron chi connectivity index (χ2n) is 4.32. The van der Waals surface area contributed by atoms with Crippen LogP contribution in [0.15, 0.2) is 24.3 Å². The van der Waals surface area contributed by atoms with Crippen LogP contribution in [0.3, 0.4) is 0 Å². The zero-order valence-electron chi connectivity index (χ0n) is 12.1. The molecule has 8 heteroatoms. The first-order valence-electron chi connectivity index (χ1n) is 6.60. The average Bonchev–Trinajstić information content (AvgIpc) is 2.42. The summed E-state index contributed by atoms with van der Waals surface area (Å²) >= 11 is 0. The Morgan fingerprint density at radius 1 is 1.24 bits per heavy atom. The molecule has 21 heavy (non-hydrogen) atoms. The lowest BCUT2D eigenvalue weighted by molar-refractivity contribution is 0.0466. The molecule has 0 aromatic heterocycles. The summed E-state index contributed by atoms with van der Waals surface area (Å²) in [4.78, 5) is 13.9. The van der Waals surface area contributed by atoms with Crippen molar-refractivity contribution in [3.63, 3.8) is 0 Å². The third-order valence-corrected chi connectivity index (χ3v) is 3.40. The van der Waals surface area contributed by atoms with Crippen molar-refractivity contribution in [2.45, 2.75) is 13.8 Å². The molecule has 0 atom stereocenters. The third kappa shape index (κ3) is 6.56. The standard InChI is InChI=1S/C13H20N2O5S/c1-3-15(4-2)9-10-20-13(16)11-5-7-12(8-6-11)14-21(17,18)19/h5-8,14H,3-4,9-10H2,1-2H3,(H,17,18,19). The predicted octanol–water partition coefficient (Wildman–Crippen LogP) is 1.40. The fraction of sp³-hybridized carbons (Fsp3) is 0.462. The molecule has 0 saturated carbocycles. The molecule has 118 valence electrons. The second-order valence-corrected chi connectivity index (χ2v) is 5.47. The van der Waals surface area contributed by atoms with Crippen LogP contribution in [0.2, 0.25) is 0 Å². The van der Waals surface area contributed by atoms with E-state index in [2.05, 4.69) is 4.90 Å². The molecule has 0 unspecified atom stereocenters. The molecule has 2 N–H and O–H groups in total. The minimum atomic E-state index is -4.31. The fourth-order valence-electron chi connectivity index (χ4n) is 1.71. The highest BCUT2D eigenvalue weighted by Gasteiger charge is 2.09. The van der Waals surface area contributed by atoms with E-state index in [4.69, 9.17) is 9.29 Å². The lowest BCUT2D eigenvalue weighted by Crippen LogP contribution is -2.27. The van der Waals surface area contributed by atoms with Gasteiger partial charge in [-0.1, -0.05) is 13.8 Å². The average molecular weight is 316 g/mol. The van der Waals surface area contributed by atoms with Gasteiger partial charge in [0, 0.05) is 6.54 Å². The van der Waals surface area contributed by atoms with E-state index in [1.807, 2.05) is 18.6 Å². The van der Waals surface area contributed by atoms with Gasteiger partial charge in [0.1, 0.15) is 6.61 Å². The first-order chi connectivity index (χ1) is 9.85. The number of nitrogens with one attached hydrogen (secondary N) is 1. The monoisotopic (exact) mass is 316 g/mol. The summed E-state index contributed by atoms with van der Waals surface area (Å²) in [6.45, 7) is 6.82. The summed E-state index contributed by atoms with van der Waals surface area (Å²) < 4.78 is 36.9. The molecule has 7 nitrogen and oxygen atoms in total. The molecular formula is C13H20N2O5S. The van der Waals surface area contributed by atoms with Crippen molar-refractivity contribution in [2.24, 2.45) is 0 Å². The molecule has 0 fully saturated rings. The molecular weight excluding hydrogens is 296 g/mol. The van der Waals surface area contributed by atoms with E-state index in [1.54, 1.807) is 0 Å². The molecule has 0 heterocycles. The highest BCUT2D eigenvalue weighted by molar-refractivity contribution is 7.87. The van der Waals surface area contributed by atoms with Crippen LogP contribution in [-0.2, 0) is 15.0 Å². The first kappa shape index (κ1) is 17.4. The summed E-state index contributed by atoms with van der Waals surface area (Å²) in [6.07, 6.45) is 0. The summed E-state index contributed by atoms with van der Waals surface area (Å²) in [6, 6.07) is 5.59. The van der Waals surface area contributed by atoms with Gasteiger partial charge < -0.3 is 9.64 Å². The van der Waals surface area contributed by atoms with Crippen molar-refractivity contribution in [1.29, 1.82) is 0 Å². The number of likely N-dealkylation sites (N-methyl/N-ethyl adjacent to an activating group) is 1. The first-order valence-corrected chi connectivity index (χ1v) is 8.04. The van der Waals surface area contributed by atoms with Crippen molar-refractivity contribution in [1.82, 2.24) is 4.90 Å². The van der Waals surface area contributed by atoms with E-state index in [9.17, 15) is 13.2 Å². The number of hydrogen-bond acceptors (Lipinski definition) is 5. The number of rotatable bonds is 8. The highest BCUT2D eigenvalue weighted by Crippen LogP contribution is 2.11. The topological polar surface area (TPSA) is 95.9 Å². The summed E-state index contributed by atoms with van der Waals surface area (Å²) in [5.74, 6) is -0.472. The molecule has 1 aromatic carbocycles. The third-order valence-electron chi connectivity index (χ3n) is 2.90. The number of hydrogen-bond donors (Lipinski definition) is 2. The molecule has 1 aromatic rings. The van der Waals surface area contributed by atoms with Gasteiger partial charge in [0.15, 0.2) is 0 Å². The number of esters is 1. The molecule has 0 spiro atoms. The van der Waals surface area contributed by atoms with Crippen LogP contribution in [0, 0.1) is 0 Å². The molecule has 1 rings (SSSR count). The largest absolute Gasteiger partial charge is 0.461 e. The van der Waals surface area contributed by atoms with Gasteiger partial charge in [-0.3, -0.25) is 9.27 Å². The maximum Gasteiger partial charge on any atom is 0.357 e. The fourth-order valence-corrected chi connectivity index (χ4v) is 2.15. The quantitative estimate of drug-likeness (QED) is 0.556. The molecule has 0 saturated heterocycles. The van der Waals surface area contributed by atoms with Crippen LogP contribution in [0.25, 0.3) is 0 Å². The van der Waals surface area contributed by atoms with E-state index >= 15 is 0 Å². The zero-order valence-corrected chi connectivity index (χ0v) is 12.9. The molecule has 0 bridgehead atoms. The number of ether oxygens (including phenoxy) is 1. The van der Waals surface area contributed by atoms with Crippen molar-refractivity contribution in [3.8, 4) is 0 Å². The van der Waals surface area contributed by atoms with Gasteiger partial charge in [0.2, 0.25) is 0 Å². The SMILES string of the molecule is CCN(CC)CCOC(=O)c1ccc(NS(=O)(=O)O)cc1. The van der Waals surface area contributed by atoms with E-state index in [0.717, 1.165) is 13.1 Å². The Labute approximate surface area is 124 Å². The van der Waals surface area contributed by atoms with Gasteiger partial charge in [-0.05, 0) is 37.4 Å². The summed E-state index contributed by atoms with van der Waals surface area (Å²) in [5.41, 5.74) is 0.479. The smallest absolute Gasteiger partial charge is 0.357 e. The Hall–Kier alpha value is -1.64. The van der Waals surface area contributed by atoms with E-state index in [0.29, 0.717) is 18.7 Å². The van der Waals surface area contributed by atoms with E-state index in [-0.39, 0.29) is 5.69 Å². The zero-order chi connectivity index (χ0) is 15.9. The Morgan fingerprint density at radius 3 is 2.29 bits per heavy atom. The van der Waals surface area contributed by atoms with Gasteiger partial charge in [-0.2, -0.15) is 8.42 Å². The van der Waals surface area contributed by atoms with Crippen LogP contribution in [0.4, 0.5) is 5.69 Å². The summed E-state index contributed by atoms with van der Waals surface area (Å²) in [7, 11) is -4.31. The Balaban J connectivity index is 2.52. The Bertz CT molecular complexity index is 552. The van der Waals surface area contributed by atoms with E-state index in [1.165, 1.54) is 24.3 Å². The van der Waals surface area contributed by atoms with Crippen molar-refractivity contribution >= 4 is 22.0 Å². The number of carbonyl (C=O) groups excluding carboxylic acids is 1. The number of anilines is 1. The molecule has 0 radical (unpaired) electrons. The summed E-state index contributed by atoms with van der Waals surface area (Å²) in [5, 5.41) is 0. The molecule has 0 aliphatic rings. The Kier molecular flexibility index (Phi) is 6.60. The minimum Gasteiger partial charge on any atom is -0.461 e. The highest BCUT2D eigenvalue weighted by atomic mass is 32.2. The number of nitrogens with zero attached hydrogens (tertiary/aromatic N) is 1. The van der Waals surface area contributed by atoms with E-state index < -0.39 is 16.3 Å².